The van der Waals surface area contributed by atoms with Gasteiger partial charge < -0.3 is 19.6 Å². The summed E-state index contributed by atoms with van der Waals surface area (Å²) in [4.78, 5) is 50.6. The second kappa shape index (κ2) is 18.4. The largest absolute Gasteiger partial charge is 0.416 e. The van der Waals surface area contributed by atoms with Crippen LogP contribution >= 0.6 is 0 Å². The molecular formula is C44H48F3N5O5S. The number of hydrogen-bond donors (Lipinski definition) is 0. The molecule has 0 spiro atoms. The van der Waals surface area contributed by atoms with Crippen molar-refractivity contribution < 1.29 is 36.0 Å². The molecule has 2 aliphatic heterocycles. The zero-order chi connectivity index (χ0) is 41.5. The molecule has 0 bridgehead atoms. The van der Waals surface area contributed by atoms with Crippen LogP contribution < -0.4 is 4.90 Å². The van der Waals surface area contributed by atoms with Crippen LogP contribution in [-0.4, -0.2) is 110 Å². The Bertz CT molecular complexity index is 2170. The van der Waals surface area contributed by atoms with Gasteiger partial charge in [-0.1, -0.05) is 66.7 Å². The van der Waals surface area contributed by atoms with Gasteiger partial charge in [0.2, 0.25) is 17.7 Å². The Morgan fingerprint density at radius 3 is 1.88 bits per heavy atom. The van der Waals surface area contributed by atoms with Crippen molar-refractivity contribution in [2.75, 3.05) is 63.5 Å². The molecule has 3 amide bonds. The molecule has 4 aromatic rings. The number of sulfone groups is 1. The molecule has 0 radical (unpaired) electrons. The molecule has 2 heterocycles. The number of carbonyl (C=O) groups is 3. The number of halogens is 3. The van der Waals surface area contributed by atoms with E-state index in [-0.39, 0.29) is 29.7 Å². The number of hydrogen-bond acceptors (Lipinski definition) is 7. The summed E-state index contributed by atoms with van der Waals surface area (Å²) in [5.74, 6) is -0.625. The predicted molar refractivity (Wildman–Crippen MR) is 217 cm³/mol. The van der Waals surface area contributed by atoms with Crippen LogP contribution in [0.15, 0.2) is 114 Å². The van der Waals surface area contributed by atoms with E-state index in [2.05, 4.69) is 9.80 Å². The van der Waals surface area contributed by atoms with Gasteiger partial charge in [-0.15, -0.1) is 0 Å². The fourth-order valence-electron chi connectivity index (χ4n) is 7.28. The summed E-state index contributed by atoms with van der Waals surface area (Å²) in [6.07, 6.45) is -0.306. The lowest BCUT2D eigenvalue weighted by atomic mass is 10.0. The molecule has 0 unspecified atom stereocenters. The van der Waals surface area contributed by atoms with E-state index in [0.717, 1.165) is 34.5 Å². The maximum atomic E-state index is 14.7. The van der Waals surface area contributed by atoms with Crippen molar-refractivity contribution in [3.63, 3.8) is 0 Å². The van der Waals surface area contributed by atoms with Crippen LogP contribution in [0.2, 0.25) is 0 Å². The Hall–Kier alpha value is -5.47. The van der Waals surface area contributed by atoms with Gasteiger partial charge in [-0.3, -0.25) is 19.3 Å². The normalized spacial score (nSPS) is 16.1. The Morgan fingerprint density at radius 1 is 0.724 bits per heavy atom. The molecule has 2 saturated heterocycles. The lowest BCUT2D eigenvalue weighted by Crippen LogP contribution is -2.56. The highest BCUT2D eigenvalue weighted by atomic mass is 32.2. The molecule has 10 nitrogen and oxygen atoms in total. The number of piperazine rings is 2. The van der Waals surface area contributed by atoms with E-state index in [1.54, 1.807) is 41.0 Å². The Kier molecular flexibility index (Phi) is 13.4. The number of anilines is 1. The Balaban J connectivity index is 1.24. The molecule has 6 rings (SSSR count). The van der Waals surface area contributed by atoms with Crippen molar-refractivity contribution in [1.29, 1.82) is 0 Å². The third kappa shape index (κ3) is 11.1. The lowest BCUT2D eigenvalue weighted by molar-refractivity contribution is -0.145. The Labute approximate surface area is 338 Å². The van der Waals surface area contributed by atoms with Crippen LogP contribution in [0, 0.1) is 0 Å². The highest BCUT2D eigenvalue weighted by Crippen LogP contribution is 2.29. The quantitative estimate of drug-likeness (QED) is 0.168. The second-order valence-corrected chi connectivity index (χ2v) is 16.8. The zero-order valence-electron chi connectivity index (χ0n) is 32.6. The minimum absolute atomic E-state index is 0.0486. The first-order valence-electron chi connectivity index (χ1n) is 19.2. The monoisotopic (exact) mass is 815 g/mol. The van der Waals surface area contributed by atoms with Gasteiger partial charge >= 0.3 is 6.18 Å². The van der Waals surface area contributed by atoms with Crippen molar-refractivity contribution in [3.05, 3.63) is 137 Å². The van der Waals surface area contributed by atoms with Gasteiger partial charge in [-0.2, -0.15) is 13.2 Å². The van der Waals surface area contributed by atoms with E-state index >= 15 is 0 Å². The summed E-state index contributed by atoms with van der Waals surface area (Å²) < 4.78 is 63.5. The van der Waals surface area contributed by atoms with Crippen LogP contribution in [-0.2, 0) is 49.9 Å². The van der Waals surface area contributed by atoms with Gasteiger partial charge in [-0.25, -0.2) is 8.42 Å². The van der Waals surface area contributed by atoms with Gasteiger partial charge in [0.05, 0.1) is 10.5 Å². The van der Waals surface area contributed by atoms with Crippen LogP contribution in [0.5, 0.6) is 0 Å². The predicted octanol–water partition coefficient (Wildman–Crippen LogP) is 5.78. The van der Waals surface area contributed by atoms with Crippen LogP contribution in [0.3, 0.4) is 0 Å². The van der Waals surface area contributed by atoms with Crippen molar-refractivity contribution >= 4 is 39.3 Å². The fraction of sp³-hybridized carbons (Fsp3) is 0.341. The van der Waals surface area contributed by atoms with Crippen molar-refractivity contribution in [2.24, 2.45) is 0 Å². The third-order valence-electron chi connectivity index (χ3n) is 10.7. The second-order valence-electron chi connectivity index (χ2n) is 14.8. The summed E-state index contributed by atoms with van der Waals surface area (Å²) in [7, 11) is -3.31. The van der Waals surface area contributed by atoms with Gasteiger partial charge in [-0.05, 0) is 64.7 Å². The summed E-state index contributed by atoms with van der Waals surface area (Å²) in [6, 6.07) is 27.7. The summed E-state index contributed by atoms with van der Waals surface area (Å²) in [5, 5.41) is 0. The van der Waals surface area contributed by atoms with E-state index in [9.17, 15) is 36.0 Å². The number of nitrogens with zero attached hydrogens (tertiary/aromatic N) is 5. The number of benzene rings is 4. The molecule has 0 N–H and O–H groups in total. The third-order valence-corrected chi connectivity index (χ3v) is 11.8. The maximum absolute atomic E-state index is 14.7. The number of rotatable bonds is 12. The van der Waals surface area contributed by atoms with E-state index in [4.69, 9.17) is 0 Å². The molecule has 306 valence electrons. The lowest BCUT2D eigenvalue weighted by Gasteiger charge is -2.39. The molecule has 14 heteroatoms. The van der Waals surface area contributed by atoms with Crippen molar-refractivity contribution in [2.45, 2.75) is 43.5 Å². The zero-order valence-corrected chi connectivity index (χ0v) is 33.5. The van der Waals surface area contributed by atoms with Crippen LogP contribution in [0.1, 0.15) is 34.7 Å². The summed E-state index contributed by atoms with van der Waals surface area (Å²) >= 11 is 0. The van der Waals surface area contributed by atoms with Crippen molar-refractivity contribution in [3.8, 4) is 0 Å². The first-order chi connectivity index (χ1) is 27.6. The SMILES string of the molecule is CC(=O)N1CCN(c2ccc(CN(C(=O)/C=C/c3ccc(C(F)(F)F)cc3)[C@@H](Cc3ccccc3)C(=O)N3CCN(Cc4ccc(S(C)(=O)=O)cc4)CC3)cc2)CC1. The Morgan fingerprint density at radius 2 is 1.31 bits per heavy atom. The van der Waals surface area contributed by atoms with Crippen molar-refractivity contribution in [1.82, 2.24) is 19.6 Å². The number of carbonyl (C=O) groups excluding carboxylic acids is 3. The maximum Gasteiger partial charge on any atom is 0.416 e. The van der Waals surface area contributed by atoms with Crippen LogP contribution in [0.4, 0.5) is 18.9 Å². The standard InChI is InChI=1S/C44H48F3N5O5S/c1-33(53)49-26-28-50(29-27-49)39-17-10-37(11-18-39)32-52(42(54)21-14-34-8-15-38(16-9-34)44(45,46)47)41(30-35-6-4-3-5-7-35)43(55)51-24-22-48(23-25-51)31-36-12-19-40(20-13-36)58(2,56)57/h3-21,41H,22-32H2,1-2H3/b21-14+/t41-/m0/s1. The van der Waals surface area contributed by atoms with E-state index in [0.29, 0.717) is 64.5 Å². The number of amides is 3. The van der Waals surface area contributed by atoms with E-state index < -0.39 is 33.5 Å². The topological polar surface area (TPSA) is 102 Å². The summed E-state index contributed by atoms with van der Waals surface area (Å²) in [5.41, 5.74) is 3.20. The average Bonchev–Trinajstić information content (AvgIpc) is 3.21. The molecule has 0 aromatic heterocycles. The molecular weight excluding hydrogens is 768 g/mol. The average molecular weight is 816 g/mol. The molecule has 0 aliphatic carbocycles. The molecule has 2 fully saturated rings. The highest BCUT2D eigenvalue weighted by Gasteiger charge is 2.34. The van der Waals surface area contributed by atoms with Gasteiger partial charge in [0.15, 0.2) is 9.84 Å². The first-order valence-corrected chi connectivity index (χ1v) is 21.1. The van der Waals surface area contributed by atoms with E-state index in [1.165, 1.54) is 30.5 Å². The van der Waals surface area contributed by atoms with Crippen LogP contribution in [0.25, 0.3) is 6.08 Å². The molecule has 4 aromatic carbocycles. The van der Waals surface area contributed by atoms with Gasteiger partial charge in [0.25, 0.3) is 0 Å². The summed E-state index contributed by atoms with van der Waals surface area (Å²) in [6.45, 7) is 6.86. The first kappa shape index (κ1) is 42.1. The van der Waals surface area contributed by atoms with E-state index in [1.807, 2.05) is 59.5 Å². The van der Waals surface area contributed by atoms with Gasteiger partial charge in [0, 0.05) is 96.8 Å². The fourth-order valence-corrected chi connectivity index (χ4v) is 7.91. The van der Waals surface area contributed by atoms with Gasteiger partial charge in [0.1, 0.15) is 6.04 Å². The minimum atomic E-state index is -4.49. The molecule has 2 aliphatic rings. The highest BCUT2D eigenvalue weighted by molar-refractivity contribution is 7.90. The minimum Gasteiger partial charge on any atom is -0.368 e. The molecule has 1 atom stereocenters. The smallest absolute Gasteiger partial charge is 0.368 e. The number of alkyl halides is 3. The molecule has 0 saturated carbocycles. The molecule has 58 heavy (non-hydrogen) atoms.